The predicted octanol–water partition coefficient (Wildman–Crippen LogP) is 0.754. The first kappa shape index (κ1) is 13.3. The Labute approximate surface area is 111 Å². The van der Waals surface area contributed by atoms with Crippen LogP contribution in [0.5, 0.6) is 0 Å². The smallest absolute Gasteiger partial charge is 0.248 e. The zero-order chi connectivity index (χ0) is 13.7. The fraction of sp³-hybridized carbons (Fsp3) is 0.286. The number of para-hydroxylation sites is 1. The summed E-state index contributed by atoms with van der Waals surface area (Å²) in [4.78, 5) is 25.9. The zero-order valence-electron chi connectivity index (χ0n) is 10.8. The normalized spacial score (nSPS) is 10.6. The second kappa shape index (κ2) is 6.15. The van der Waals surface area contributed by atoms with Crippen molar-refractivity contribution in [3.05, 3.63) is 46.2 Å². The number of benzene rings is 1. The van der Waals surface area contributed by atoms with Gasteiger partial charge in [-0.2, -0.15) is 0 Å². The van der Waals surface area contributed by atoms with Crippen LogP contribution in [-0.2, 0) is 11.3 Å². The van der Waals surface area contributed by atoms with Crippen LogP contribution >= 0.6 is 0 Å². The van der Waals surface area contributed by atoms with Crippen LogP contribution in [0.15, 0.2) is 35.1 Å². The van der Waals surface area contributed by atoms with E-state index in [1.165, 1.54) is 6.07 Å². The maximum Gasteiger partial charge on any atom is 0.248 e. The van der Waals surface area contributed by atoms with E-state index in [0.29, 0.717) is 19.5 Å². The molecule has 3 N–H and O–H groups in total. The van der Waals surface area contributed by atoms with E-state index in [1.54, 1.807) is 7.05 Å². The van der Waals surface area contributed by atoms with Gasteiger partial charge in [-0.3, -0.25) is 9.59 Å². The van der Waals surface area contributed by atoms with Crippen molar-refractivity contribution in [2.45, 2.75) is 13.0 Å². The molecule has 2 rings (SSSR count). The van der Waals surface area contributed by atoms with E-state index in [2.05, 4.69) is 15.6 Å². The first-order valence-electron chi connectivity index (χ1n) is 6.23. The lowest BCUT2D eigenvalue weighted by Gasteiger charge is -2.08. The van der Waals surface area contributed by atoms with Gasteiger partial charge in [-0.15, -0.1) is 0 Å². The molecule has 0 saturated heterocycles. The maximum atomic E-state index is 11.6. The Kier molecular flexibility index (Phi) is 4.30. The van der Waals surface area contributed by atoms with Gasteiger partial charge in [0.25, 0.3) is 0 Å². The lowest BCUT2D eigenvalue weighted by Crippen LogP contribution is -2.26. The van der Waals surface area contributed by atoms with Crippen molar-refractivity contribution in [2.75, 3.05) is 13.6 Å². The molecule has 100 valence electrons. The number of carbonyl (C=O) groups is 1. The Morgan fingerprint density at radius 3 is 2.89 bits per heavy atom. The number of pyridine rings is 1. The number of aromatic nitrogens is 1. The Balaban J connectivity index is 2.16. The summed E-state index contributed by atoms with van der Waals surface area (Å²) in [6.07, 6.45) is 0.428. The Morgan fingerprint density at radius 1 is 1.32 bits per heavy atom. The number of carbonyl (C=O) groups excluding carboxylic acids is 1. The molecule has 0 radical (unpaired) electrons. The molecule has 0 saturated carbocycles. The molecule has 0 aliphatic heterocycles. The molecule has 0 unspecified atom stereocenters. The largest absolute Gasteiger partial charge is 0.352 e. The van der Waals surface area contributed by atoms with Gasteiger partial charge in [0.05, 0.1) is 0 Å². The van der Waals surface area contributed by atoms with Gasteiger partial charge >= 0.3 is 0 Å². The zero-order valence-corrected chi connectivity index (χ0v) is 10.8. The van der Waals surface area contributed by atoms with E-state index in [1.807, 2.05) is 24.3 Å². The van der Waals surface area contributed by atoms with Crippen LogP contribution < -0.4 is 16.2 Å². The van der Waals surface area contributed by atoms with Crippen molar-refractivity contribution in [3.63, 3.8) is 0 Å². The fourth-order valence-corrected chi connectivity index (χ4v) is 1.94. The van der Waals surface area contributed by atoms with Crippen LogP contribution in [0.3, 0.4) is 0 Å². The maximum absolute atomic E-state index is 11.6. The molecule has 0 atom stereocenters. The van der Waals surface area contributed by atoms with Gasteiger partial charge in [0.1, 0.15) is 0 Å². The number of aromatic amines is 1. The highest BCUT2D eigenvalue weighted by Gasteiger charge is 2.05. The van der Waals surface area contributed by atoms with Crippen molar-refractivity contribution in [2.24, 2.45) is 0 Å². The number of hydrogen-bond acceptors (Lipinski definition) is 3. The van der Waals surface area contributed by atoms with E-state index in [0.717, 1.165) is 16.5 Å². The fourth-order valence-electron chi connectivity index (χ4n) is 1.94. The number of amides is 1. The van der Waals surface area contributed by atoms with Gasteiger partial charge in [0, 0.05) is 36.5 Å². The van der Waals surface area contributed by atoms with Crippen molar-refractivity contribution in [1.82, 2.24) is 15.6 Å². The molecule has 0 aliphatic rings. The molecule has 1 amide bonds. The van der Waals surface area contributed by atoms with Crippen molar-refractivity contribution in [3.8, 4) is 0 Å². The minimum absolute atomic E-state index is 0.0290. The summed E-state index contributed by atoms with van der Waals surface area (Å²) in [5, 5.41) is 6.70. The van der Waals surface area contributed by atoms with Gasteiger partial charge in [-0.05, 0) is 18.7 Å². The predicted molar refractivity (Wildman–Crippen MR) is 75.0 cm³/mol. The number of H-pyrrole nitrogens is 1. The number of fused-ring (bicyclic) bond motifs is 1. The summed E-state index contributed by atoms with van der Waals surface area (Å²) in [6.45, 7) is 1.01. The van der Waals surface area contributed by atoms with Crippen molar-refractivity contribution in [1.29, 1.82) is 0 Å². The second-order valence-electron chi connectivity index (χ2n) is 4.33. The quantitative estimate of drug-likeness (QED) is 0.742. The SMILES string of the molecule is CNCCC(=O)NCc1cc(=O)[nH]c2ccccc12. The molecule has 5 nitrogen and oxygen atoms in total. The third-order valence-electron chi connectivity index (χ3n) is 2.91. The molecule has 0 spiro atoms. The van der Waals surface area contributed by atoms with Gasteiger partial charge in [0.2, 0.25) is 11.5 Å². The highest BCUT2D eigenvalue weighted by molar-refractivity contribution is 5.82. The van der Waals surface area contributed by atoms with Crippen molar-refractivity contribution >= 4 is 16.8 Å². The summed E-state index contributed by atoms with van der Waals surface area (Å²) >= 11 is 0. The van der Waals surface area contributed by atoms with Gasteiger partial charge in [0.15, 0.2) is 0 Å². The topological polar surface area (TPSA) is 74.0 Å². The van der Waals surface area contributed by atoms with Crippen LogP contribution in [0.25, 0.3) is 10.9 Å². The summed E-state index contributed by atoms with van der Waals surface area (Å²) in [7, 11) is 1.80. The van der Waals surface area contributed by atoms with Crippen LogP contribution in [-0.4, -0.2) is 24.5 Å². The van der Waals surface area contributed by atoms with Crippen LogP contribution in [0.4, 0.5) is 0 Å². The van der Waals surface area contributed by atoms with E-state index in [9.17, 15) is 9.59 Å². The second-order valence-corrected chi connectivity index (χ2v) is 4.33. The third kappa shape index (κ3) is 3.42. The number of nitrogens with one attached hydrogen (secondary N) is 3. The van der Waals surface area contributed by atoms with E-state index in [4.69, 9.17) is 0 Å². The Hall–Kier alpha value is -2.14. The number of hydrogen-bond donors (Lipinski definition) is 3. The van der Waals surface area contributed by atoms with Crippen molar-refractivity contribution < 1.29 is 4.79 Å². The summed E-state index contributed by atoms with van der Waals surface area (Å²) in [5.74, 6) is -0.0290. The highest BCUT2D eigenvalue weighted by Crippen LogP contribution is 2.14. The lowest BCUT2D eigenvalue weighted by molar-refractivity contribution is -0.121. The molecular weight excluding hydrogens is 242 g/mol. The molecule has 2 aromatic rings. The molecule has 1 aromatic carbocycles. The molecule has 19 heavy (non-hydrogen) atoms. The van der Waals surface area contributed by atoms with Crippen LogP contribution in [0.1, 0.15) is 12.0 Å². The molecular formula is C14H17N3O2. The first-order valence-corrected chi connectivity index (χ1v) is 6.23. The van der Waals surface area contributed by atoms with E-state index < -0.39 is 0 Å². The standard InChI is InChI=1S/C14H17N3O2/c1-15-7-6-13(18)16-9-10-8-14(19)17-12-5-3-2-4-11(10)12/h2-5,8,15H,6-7,9H2,1H3,(H,16,18)(H,17,19). The van der Waals surface area contributed by atoms with Crippen LogP contribution in [0.2, 0.25) is 0 Å². The molecule has 1 heterocycles. The summed E-state index contributed by atoms with van der Waals surface area (Å²) in [6, 6.07) is 9.09. The van der Waals surface area contributed by atoms with Crippen LogP contribution in [0, 0.1) is 0 Å². The van der Waals surface area contributed by atoms with Gasteiger partial charge in [-0.1, -0.05) is 18.2 Å². The third-order valence-corrected chi connectivity index (χ3v) is 2.91. The van der Waals surface area contributed by atoms with Gasteiger partial charge < -0.3 is 15.6 Å². The lowest BCUT2D eigenvalue weighted by atomic mass is 10.1. The Morgan fingerprint density at radius 2 is 2.11 bits per heavy atom. The van der Waals surface area contributed by atoms with E-state index >= 15 is 0 Å². The Bertz CT molecular complexity index is 634. The van der Waals surface area contributed by atoms with E-state index in [-0.39, 0.29) is 11.5 Å². The first-order chi connectivity index (χ1) is 9.20. The monoisotopic (exact) mass is 259 g/mol. The minimum atomic E-state index is -0.154. The molecule has 5 heteroatoms. The molecule has 0 fully saturated rings. The molecule has 0 bridgehead atoms. The van der Waals surface area contributed by atoms with Gasteiger partial charge in [-0.25, -0.2) is 0 Å². The minimum Gasteiger partial charge on any atom is -0.352 e. The number of rotatable bonds is 5. The molecule has 0 aliphatic carbocycles. The average Bonchev–Trinajstić information content (AvgIpc) is 2.42. The summed E-state index contributed by atoms with van der Waals surface area (Å²) < 4.78 is 0. The molecule has 1 aromatic heterocycles. The average molecular weight is 259 g/mol. The highest BCUT2D eigenvalue weighted by atomic mass is 16.1. The summed E-state index contributed by atoms with van der Waals surface area (Å²) in [5.41, 5.74) is 1.46.